The van der Waals surface area contributed by atoms with Crippen LogP contribution in [0.2, 0.25) is 0 Å². The number of hydrogen-bond acceptors (Lipinski definition) is 4. The molecule has 5 nitrogen and oxygen atoms in total. The van der Waals surface area contributed by atoms with E-state index in [4.69, 9.17) is 4.74 Å². The molecule has 0 aliphatic carbocycles. The molecule has 1 aliphatic heterocycles. The molecule has 1 amide bonds. The summed E-state index contributed by atoms with van der Waals surface area (Å²) >= 11 is 0. The zero-order valence-electron chi connectivity index (χ0n) is 17.9. The van der Waals surface area contributed by atoms with Gasteiger partial charge in [-0.3, -0.25) is 9.69 Å². The van der Waals surface area contributed by atoms with Crippen LogP contribution in [0, 0.1) is 0 Å². The Balaban J connectivity index is 1.55. The van der Waals surface area contributed by atoms with E-state index in [2.05, 4.69) is 60.2 Å². The molecule has 0 spiro atoms. The topological polar surface area (TPSA) is 44.8 Å². The number of benzene rings is 2. The highest BCUT2D eigenvalue weighted by Crippen LogP contribution is 2.18. The normalized spacial score (nSPS) is 14.8. The van der Waals surface area contributed by atoms with Crippen LogP contribution in [-0.4, -0.2) is 49.7 Å². The minimum Gasteiger partial charge on any atom is -0.379 e. The predicted octanol–water partition coefficient (Wildman–Crippen LogP) is 3.68. The Labute approximate surface area is 174 Å². The molecule has 156 valence electrons. The van der Waals surface area contributed by atoms with Crippen LogP contribution in [0.1, 0.15) is 42.3 Å². The van der Waals surface area contributed by atoms with E-state index in [-0.39, 0.29) is 5.91 Å². The maximum absolute atomic E-state index is 12.6. The van der Waals surface area contributed by atoms with Crippen molar-refractivity contribution in [3.63, 3.8) is 0 Å². The summed E-state index contributed by atoms with van der Waals surface area (Å²) in [5.74, 6) is -0.0391. The lowest BCUT2D eigenvalue weighted by Crippen LogP contribution is -2.35. The average molecular weight is 396 g/mol. The molecule has 0 saturated carbocycles. The van der Waals surface area contributed by atoms with Crippen molar-refractivity contribution in [2.45, 2.75) is 39.9 Å². The summed E-state index contributed by atoms with van der Waals surface area (Å²) in [4.78, 5) is 17.3. The standard InChI is InChI=1S/C24H33N3O2/c1-4-27(19(2)3)23-10-8-22(9-11-23)24(28)25-17-20-6-5-7-21(16-20)18-26-12-14-29-15-13-26/h5-11,16,19H,4,12-15,17-18H2,1-3H3,(H,25,28). The second-order valence-electron chi connectivity index (χ2n) is 7.82. The van der Waals surface area contributed by atoms with Gasteiger partial charge in [-0.1, -0.05) is 24.3 Å². The second kappa shape index (κ2) is 10.4. The van der Waals surface area contributed by atoms with Crippen LogP contribution in [0.3, 0.4) is 0 Å². The van der Waals surface area contributed by atoms with Gasteiger partial charge in [0.05, 0.1) is 13.2 Å². The highest BCUT2D eigenvalue weighted by molar-refractivity contribution is 5.94. The summed E-state index contributed by atoms with van der Waals surface area (Å²) in [6.07, 6.45) is 0. The Kier molecular flexibility index (Phi) is 7.67. The first kappa shape index (κ1) is 21.3. The van der Waals surface area contributed by atoms with Crippen molar-refractivity contribution in [2.75, 3.05) is 37.7 Å². The molecule has 0 radical (unpaired) electrons. The molecular formula is C24H33N3O2. The van der Waals surface area contributed by atoms with Gasteiger partial charge in [-0.15, -0.1) is 0 Å². The molecule has 1 heterocycles. The molecule has 5 heteroatoms. The summed E-state index contributed by atoms with van der Waals surface area (Å²) in [5, 5.41) is 3.05. The fourth-order valence-corrected chi connectivity index (χ4v) is 3.79. The molecule has 0 bridgehead atoms. The monoisotopic (exact) mass is 395 g/mol. The van der Waals surface area contributed by atoms with Crippen molar-refractivity contribution < 1.29 is 9.53 Å². The van der Waals surface area contributed by atoms with E-state index in [0.29, 0.717) is 18.2 Å². The number of ether oxygens (including phenoxy) is 1. The van der Waals surface area contributed by atoms with Gasteiger partial charge in [0, 0.05) is 50.0 Å². The molecule has 2 aromatic carbocycles. The lowest BCUT2D eigenvalue weighted by molar-refractivity contribution is 0.0342. The summed E-state index contributed by atoms with van der Waals surface area (Å²) in [5.41, 5.74) is 4.24. The molecule has 0 aromatic heterocycles. The van der Waals surface area contributed by atoms with Gasteiger partial charge in [0.1, 0.15) is 0 Å². The molecule has 1 N–H and O–H groups in total. The van der Waals surface area contributed by atoms with Crippen LogP contribution < -0.4 is 10.2 Å². The van der Waals surface area contributed by atoms with E-state index in [1.54, 1.807) is 0 Å². The quantitative estimate of drug-likeness (QED) is 0.741. The van der Waals surface area contributed by atoms with Gasteiger partial charge in [0.15, 0.2) is 0 Å². The number of morpholine rings is 1. The predicted molar refractivity (Wildman–Crippen MR) is 118 cm³/mol. The number of hydrogen-bond donors (Lipinski definition) is 1. The number of amides is 1. The Morgan fingerprint density at radius 3 is 2.45 bits per heavy atom. The lowest BCUT2D eigenvalue weighted by atomic mass is 10.1. The van der Waals surface area contributed by atoms with Gasteiger partial charge >= 0.3 is 0 Å². The second-order valence-corrected chi connectivity index (χ2v) is 7.82. The highest BCUT2D eigenvalue weighted by Gasteiger charge is 2.12. The summed E-state index contributed by atoms with van der Waals surface area (Å²) in [7, 11) is 0. The zero-order valence-corrected chi connectivity index (χ0v) is 17.9. The van der Waals surface area contributed by atoms with Gasteiger partial charge in [-0.05, 0) is 56.2 Å². The average Bonchev–Trinajstić information content (AvgIpc) is 2.74. The van der Waals surface area contributed by atoms with E-state index in [1.807, 2.05) is 24.3 Å². The first-order valence-electron chi connectivity index (χ1n) is 10.6. The zero-order chi connectivity index (χ0) is 20.6. The van der Waals surface area contributed by atoms with E-state index in [0.717, 1.165) is 50.6 Å². The van der Waals surface area contributed by atoms with Crippen molar-refractivity contribution in [1.82, 2.24) is 10.2 Å². The van der Waals surface area contributed by atoms with Gasteiger partial charge in [0.2, 0.25) is 0 Å². The third-order valence-corrected chi connectivity index (χ3v) is 5.38. The van der Waals surface area contributed by atoms with E-state index in [9.17, 15) is 4.79 Å². The van der Waals surface area contributed by atoms with E-state index in [1.165, 1.54) is 5.56 Å². The van der Waals surface area contributed by atoms with Crippen molar-refractivity contribution in [3.8, 4) is 0 Å². The fourth-order valence-electron chi connectivity index (χ4n) is 3.79. The van der Waals surface area contributed by atoms with Crippen LogP contribution >= 0.6 is 0 Å². The van der Waals surface area contributed by atoms with Crippen LogP contribution in [0.15, 0.2) is 48.5 Å². The van der Waals surface area contributed by atoms with Gasteiger partial charge in [-0.25, -0.2) is 0 Å². The molecule has 29 heavy (non-hydrogen) atoms. The minimum absolute atomic E-state index is 0.0391. The third kappa shape index (κ3) is 6.05. The van der Waals surface area contributed by atoms with Crippen LogP contribution in [0.4, 0.5) is 5.69 Å². The lowest BCUT2D eigenvalue weighted by Gasteiger charge is -2.27. The first-order valence-corrected chi connectivity index (χ1v) is 10.6. The fraction of sp³-hybridized carbons (Fsp3) is 0.458. The maximum Gasteiger partial charge on any atom is 0.251 e. The Bertz CT molecular complexity index is 783. The molecule has 0 unspecified atom stereocenters. The van der Waals surface area contributed by atoms with Gasteiger partial charge in [-0.2, -0.15) is 0 Å². The molecule has 1 fully saturated rings. The minimum atomic E-state index is -0.0391. The van der Waals surface area contributed by atoms with Crippen molar-refractivity contribution in [1.29, 1.82) is 0 Å². The number of nitrogens with one attached hydrogen (secondary N) is 1. The Morgan fingerprint density at radius 2 is 1.79 bits per heavy atom. The number of carbonyl (C=O) groups is 1. The smallest absolute Gasteiger partial charge is 0.251 e. The van der Waals surface area contributed by atoms with E-state index >= 15 is 0 Å². The van der Waals surface area contributed by atoms with Crippen LogP contribution in [0.25, 0.3) is 0 Å². The van der Waals surface area contributed by atoms with Crippen LogP contribution in [-0.2, 0) is 17.8 Å². The molecule has 1 aliphatic rings. The molecule has 3 rings (SSSR count). The molecule has 1 saturated heterocycles. The van der Waals surface area contributed by atoms with Crippen LogP contribution in [0.5, 0.6) is 0 Å². The summed E-state index contributed by atoms with van der Waals surface area (Å²) in [6, 6.07) is 16.8. The maximum atomic E-state index is 12.6. The number of carbonyl (C=O) groups excluding carboxylic acids is 1. The van der Waals surface area contributed by atoms with Crippen molar-refractivity contribution in [3.05, 3.63) is 65.2 Å². The molecular weight excluding hydrogens is 362 g/mol. The van der Waals surface area contributed by atoms with Crippen molar-refractivity contribution in [2.24, 2.45) is 0 Å². The first-order chi connectivity index (χ1) is 14.1. The summed E-state index contributed by atoms with van der Waals surface area (Å²) in [6.45, 7) is 12.5. The molecule has 0 atom stereocenters. The van der Waals surface area contributed by atoms with Gasteiger partial charge in [0.25, 0.3) is 5.91 Å². The van der Waals surface area contributed by atoms with E-state index < -0.39 is 0 Å². The van der Waals surface area contributed by atoms with Crippen molar-refractivity contribution >= 4 is 11.6 Å². The largest absolute Gasteiger partial charge is 0.379 e. The summed E-state index contributed by atoms with van der Waals surface area (Å²) < 4.78 is 5.41. The molecule has 2 aromatic rings. The Morgan fingerprint density at radius 1 is 1.10 bits per heavy atom. The number of nitrogens with zero attached hydrogens (tertiary/aromatic N) is 2. The number of rotatable bonds is 8. The SMILES string of the molecule is CCN(c1ccc(C(=O)NCc2cccc(CN3CCOCC3)c2)cc1)C(C)C. The highest BCUT2D eigenvalue weighted by atomic mass is 16.5. The van der Waals surface area contributed by atoms with Gasteiger partial charge < -0.3 is 15.0 Å². The third-order valence-electron chi connectivity index (χ3n) is 5.38. The Hall–Kier alpha value is -2.37. The number of anilines is 1.